The Hall–Kier alpha value is -0.0400. The van der Waals surface area contributed by atoms with Crippen molar-refractivity contribution in [3.63, 3.8) is 0 Å². The van der Waals surface area contributed by atoms with Crippen molar-refractivity contribution in [1.29, 1.82) is 0 Å². The molecule has 3 N–H and O–H groups in total. The van der Waals surface area contributed by atoms with Crippen LogP contribution in [0.25, 0.3) is 0 Å². The number of hydrogen-bond acceptors (Lipinski definition) is 2. The van der Waals surface area contributed by atoms with Gasteiger partial charge in [0.1, 0.15) is 0 Å². The third kappa shape index (κ3) is 12.7. The van der Waals surface area contributed by atoms with Crippen molar-refractivity contribution in [2.24, 2.45) is 16.8 Å². The molecule has 0 spiro atoms. The summed E-state index contributed by atoms with van der Waals surface area (Å²) in [5.41, 5.74) is 0. The van der Waals surface area contributed by atoms with Crippen LogP contribution in [0.4, 0.5) is 0 Å². The Balaban J connectivity index is 0. The van der Waals surface area contributed by atoms with Gasteiger partial charge in [0.25, 0.3) is 0 Å². The van der Waals surface area contributed by atoms with Crippen molar-refractivity contribution in [3.05, 3.63) is 0 Å². The fraction of sp³-hybridized carbons (Fsp3) is 0.929. The Morgan fingerprint density at radius 2 is 1.89 bits per heavy atom. The molecular weight excluding hydrogens is 353 g/mol. The highest BCUT2D eigenvalue weighted by atomic mass is 127. The van der Waals surface area contributed by atoms with Crippen LogP contribution in [0.1, 0.15) is 47.0 Å². The highest BCUT2D eigenvalue weighted by Gasteiger charge is 2.10. The van der Waals surface area contributed by atoms with Crippen LogP contribution in [0, 0.1) is 11.8 Å². The summed E-state index contributed by atoms with van der Waals surface area (Å²) in [6.07, 6.45) is 3.06. The quantitative estimate of drug-likeness (QED) is 0.325. The topological polar surface area (TPSA) is 56.7 Å². The highest BCUT2D eigenvalue weighted by molar-refractivity contribution is 14.0. The lowest BCUT2D eigenvalue weighted by molar-refractivity contribution is 0.245. The van der Waals surface area contributed by atoms with Crippen molar-refractivity contribution < 1.29 is 5.11 Å². The van der Waals surface area contributed by atoms with Gasteiger partial charge in [0, 0.05) is 26.2 Å². The van der Waals surface area contributed by atoms with Gasteiger partial charge < -0.3 is 15.7 Å². The fourth-order valence-corrected chi connectivity index (χ4v) is 1.94. The molecule has 5 heteroatoms. The molecule has 0 saturated heterocycles. The second-order valence-corrected chi connectivity index (χ2v) is 5.15. The number of nitrogens with one attached hydrogen (secondary N) is 2. The standard InChI is InChI=1S/C14H31N3O.HI/c1-5-8-16-14(15-6-2)17-11-13(7-9-18)10-12(3)4;/h12-13,18H,5-11H2,1-4H3,(H2,15,16,17);1H. The second-order valence-electron chi connectivity index (χ2n) is 5.15. The smallest absolute Gasteiger partial charge is 0.191 e. The van der Waals surface area contributed by atoms with E-state index in [2.05, 4.69) is 43.3 Å². The number of aliphatic hydroxyl groups excluding tert-OH is 1. The van der Waals surface area contributed by atoms with Crippen molar-refractivity contribution in [3.8, 4) is 0 Å². The van der Waals surface area contributed by atoms with Gasteiger partial charge in [-0.1, -0.05) is 20.8 Å². The summed E-state index contributed by atoms with van der Waals surface area (Å²) >= 11 is 0. The third-order valence-corrected chi connectivity index (χ3v) is 2.74. The van der Waals surface area contributed by atoms with Crippen LogP contribution in [-0.2, 0) is 0 Å². The number of aliphatic hydroxyl groups is 1. The first-order valence-electron chi connectivity index (χ1n) is 7.27. The molecule has 0 aliphatic carbocycles. The van der Waals surface area contributed by atoms with Gasteiger partial charge in [0.05, 0.1) is 0 Å². The van der Waals surface area contributed by atoms with Crippen LogP contribution < -0.4 is 10.6 Å². The number of nitrogens with zero attached hydrogens (tertiary/aromatic N) is 1. The molecule has 0 fully saturated rings. The molecule has 0 amide bonds. The van der Waals surface area contributed by atoms with E-state index in [4.69, 9.17) is 5.11 Å². The fourth-order valence-electron chi connectivity index (χ4n) is 1.94. The summed E-state index contributed by atoms with van der Waals surface area (Å²) in [4.78, 5) is 4.61. The number of halogens is 1. The van der Waals surface area contributed by atoms with Gasteiger partial charge in [-0.05, 0) is 38.0 Å². The number of guanidine groups is 1. The van der Waals surface area contributed by atoms with Crippen LogP contribution >= 0.6 is 24.0 Å². The summed E-state index contributed by atoms with van der Waals surface area (Å²) in [5, 5.41) is 15.6. The number of rotatable bonds is 9. The molecule has 0 aromatic carbocycles. The average Bonchev–Trinajstić information content (AvgIpc) is 2.32. The lowest BCUT2D eigenvalue weighted by Gasteiger charge is -2.17. The van der Waals surface area contributed by atoms with E-state index in [0.717, 1.165) is 44.9 Å². The van der Waals surface area contributed by atoms with Gasteiger partial charge in [0.15, 0.2) is 5.96 Å². The maximum atomic E-state index is 9.08. The summed E-state index contributed by atoms with van der Waals surface area (Å²) in [5.74, 6) is 2.03. The zero-order valence-electron chi connectivity index (χ0n) is 12.9. The molecule has 0 heterocycles. The van der Waals surface area contributed by atoms with Gasteiger partial charge in [-0.25, -0.2) is 0 Å². The Bertz CT molecular complexity index is 223. The molecule has 0 bridgehead atoms. The Morgan fingerprint density at radius 1 is 1.21 bits per heavy atom. The molecule has 0 aliphatic rings. The third-order valence-electron chi connectivity index (χ3n) is 2.74. The highest BCUT2D eigenvalue weighted by Crippen LogP contribution is 2.15. The summed E-state index contributed by atoms with van der Waals surface area (Å²) in [6, 6.07) is 0. The van der Waals surface area contributed by atoms with Crippen molar-refractivity contribution in [1.82, 2.24) is 10.6 Å². The lowest BCUT2D eigenvalue weighted by Crippen LogP contribution is -2.38. The minimum absolute atomic E-state index is 0. The van der Waals surface area contributed by atoms with Gasteiger partial charge in [-0.15, -0.1) is 24.0 Å². The first kappa shape index (κ1) is 21.3. The van der Waals surface area contributed by atoms with E-state index in [1.54, 1.807) is 0 Å². The Kier molecular flexibility index (Phi) is 16.1. The molecular formula is C14H32IN3O. The van der Waals surface area contributed by atoms with Gasteiger partial charge in [-0.2, -0.15) is 0 Å². The molecule has 0 rings (SSSR count). The van der Waals surface area contributed by atoms with E-state index in [-0.39, 0.29) is 30.6 Å². The van der Waals surface area contributed by atoms with E-state index in [9.17, 15) is 0 Å². The van der Waals surface area contributed by atoms with E-state index in [1.807, 2.05) is 0 Å². The zero-order chi connectivity index (χ0) is 13.8. The van der Waals surface area contributed by atoms with Crippen LogP contribution in [-0.4, -0.2) is 37.3 Å². The minimum Gasteiger partial charge on any atom is -0.396 e. The molecule has 1 unspecified atom stereocenters. The molecule has 0 aliphatic heterocycles. The van der Waals surface area contributed by atoms with Gasteiger partial charge in [0.2, 0.25) is 0 Å². The molecule has 4 nitrogen and oxygen atoms in total. The van der Waals surface area contributed by atoms with E-state index in [1.165, 1.54) is 0 Å². The first-order valence-corrected chi connectivity index (χ1v) is 7.27. The maximum Gasteiger partial charge on any atom is 0.191 e. The Morgan fingerprint density at radius 3 is 2.37 bits per heavy atom. The predicted octanol–water partition coefficient (Wildman–Crippen LogP) is 2.61. The second kappa shape index (κ2) is 14.4. The maximum absolute atomic E-state index is 9.08. The van der Waals surface area contributed by atoms with Crippen molar-refractivity contribution in [2.45, 2.75) is 47.0 Å². The molecule has 0 aromatic rings. The normalized spacial score (nSPS) is 13.1. The van der Waals surface area contributed by atoms with Crippen molar-refractivity contribution in [2.75, 3.05) is 26.2 Å². The van der Waals surface area contributed by atoms with Gasteiger partial charge in [-0.3, -0.25) is 4.99 Å². The van der Waals surface area contributed by atoms with Crippen LogP contribution in [0.5, 0.6) is 0 Å². The summed E-state index contributed by atoms with van der Waals surface area (Å²) < 4.78 is 0. The summed E-state index contributed by atoms with van der Waals surface area (Å²) in [7, 11) is 0. The zero-order valence-corrected chi connectivity index (χ0v) is 15.2. The van der Waals surface area contributed by atoms with E-state index in [0.29, 0.717) is 11.8 Å². The lowest BCUT2D eigenvalue weighted by atomic mass is 9.94. The first-order chi connectivity index (χ1) is 8.63. The largest absolute Gasteiger partial charge is 0.396 e. The molecule has 19 heavy (non-hydrogen) atoms. The average molecular weight is 385 g/mol. The van der Waals surface area contributed by atoms with E-state index >= 15 is 0 Å². The Labute approximate surface area is 135 Å². The molecule has 116 valence electrons. The molecule has 0 saturated carbocycles. The van der Waals surface area contributed by atoms with Crippen LogP contribution in [0.3, 0.4) is 0 Å². The van der Waals surface area contributed by atoms with Gasteiger partial charge >= 0.3 is 0 Å². The SMILES string of the molecule is CCCNC(=NCC(CCO)CC(C)C)NCC.I. The van der Waals surface area contributed by atoms with E-state index < -0.39 is 0 Å². The predicted molar refractivity (Wildman–Crippen MR) is 94.3 cm³/mol. The molecule has 0 radical (unpaired) electrons. The monoisotopic (exact) mass is 385 g/mol. The van der Waals surface area contributed by atoms with Crippen LogP contribution in [0.15, 0.2) is 4.99 Å². The van der Waals surface area contributed by atoms with Crippen LogP contribution in [0.2, 0.25) is 0 Å². The minimum atomic E-state index is 0. The molecule has 0 aromatic heterocycles. The van der Waals surface area contributed by atoms with Crippen molar-refractivity contribution >= 4 is 29.9 Å². The summed E-state index contributed by atoms with van der Waals surface area (Å²) in [6.45, 7) is 11.5. The number of hydrogen-bond donors (Lipinski definition) is 3. The molecule has 1 atom stereocenters. The number of aliphatic imine (C=N–C) groups is 1.